The number of rotatable bonds is 4. The Morgan fingerprint density at radius 1 is 0.962 bits per heavy atom. The number of phenols is 1. The third kappa shape index (κ3) is 4.34. The van der Waals surface area contributed by atoms with E-state index in [1.165, 1.54) is 14.3 Å². The van der Waals surface area contributed by atoms with Crippen molar-refractivity contribution in [3.05, 3.63) is 127 Å². The molecule has 1 N–H and O–H groups in total. The number of carbonyl (C=O) groups is 2. The lowest BCUT2D eigenvalue weighted by atomic mass is 9.56. The number of hydrogen-bond acceptors (Lipinski definition) is 7. The van der Waals surface area contributed by atoms with Crippen molar-refractivity contribution in [1.82, 2.24) is 23.7 Å². The number of amides is 2. The van der Waals surface area contributed by atoms with E-state index in [0.29, 0.717) is 27.8 Å². The number of allylic oxidation sites excluding steroid dienone is 2. The van der Waals surface area contributed by atoms with E-state index in [9.17, 15) is 19.5 Å². The highest BCUT2D eigenvalue weighted by atomic mass is 35.5. The van der Waals surface area contributed by atoms with Crippen LogP contribution in [0.5, 0.6) is 5.75 Å². The predicted octanol–water partition coefficient (Wildman–Crippen LogP) is 6.26. The summed E-state index contributed by atoms with van der Waals surface area (Å²) in [5, 5.41) is 16.9. The van der Waals surface area contributed by atoms with Crippen LogP contribution in [0.25, 0.3) is 26.3 Å². The second-order valence-corrected chi connectivity index (χ2v) is 15.6. The number of nitrogens with zero attached hydrogens (tertiary/aromatic N) is 6. The lowest BCUT2D eigenvalue weighted by Gasteiger charge is -2.47. The molecule has 2 fully saturated rings. The van der Waals surface area contributed by atoms with Crippen LogP contribution in [0, 0.1) is 25.2 Å². The molecule has 2 amide bonds. The molecule has 1 aliphatic carbocycles. The molecule has 3 aromatic carbocycles. The van der Waals surface area contributed by atoms with Gasteiger partial charge >= 0.3 is 11.4 Å². The molecule has 0 unspecified atom stereocenters. The van der Waals surface area contributed by atoms with E-state index in [2.05, 4.69) is 0 Å². The highest BCUT2D eigenvalue weighted by Gasteiger charge is 2.66. The Hall–Kier alpha value is -5.46. The highest BCUT2D eigenvalue weighted by Crippen LogP contribution is 2.61. The summed E-state index contributed by atoms with van der Waals surface area (Å²) < 4.78 is 6.64. The molecule has 4 atom stereocenters. The van der Waals surface area contributed by atoms with Gasteiger partial charge in [0.2, 0.25) is 11.8 Å². The fraction of sp³-hybridized carbons (Fsp3) is 0.256. The summed E-state index contributed by atoms with van der Waals surface area (Å²) in [5.74, 6) is -1.80. The number of imide groups is 1. The Kier molecular flexibility index (Phi) is 7.03. The van der Waals surface area contributed by atoms with Crippen molar-refractivity contribution in [1.29, 1.82) is 0 Å². The number of aromatic hydroxyl groups is 1. The first kappa shape index (κ1) is 32.4. The van der Waals surface area contributed by atoms with E-state index in [1.807, 2.05) is 50.3 Å². The maximum Gasteiger partial charge on any atom is 0.352 e. The standard InChI is InChI=1S/C39H33ClN6O5S/c1-20-16-22(10-12-30(20)47)33-25-14-15-43-37(50)44(24-8-6-5-7-9-24)38(51)46(43)29(25)18-27-35(48)45(36(49)39(27,33)3)32-19-28(41-42(32)4)34-21(2)26-17-23(40)11-13-31(26)52-34/h5-14,16-17,19,27,29,33,47H,15,18H2,1-4H3/t27-,29+,33-,39+/m0/s1. The molecule has 2 aliphatic heterocycles. The molecule has 0 spiro atoms. The molecule has 0 radical (unpaired) electrons. The van der Waals surface area contributed by atoms with Gasteiger partial charge in [-0.25, -0.2) is 28.4 Å². The molecular formula is C39H33ClN6O5S. The first-order valence-corrected chi connectivity index (χ1v) is 18.2. The van der Waals surface area contributed by atoms with Gasteiger partial charge < -0.3 is 5.11 Å². The van der Waals surface area contributed by atoms with E-state index in [4.69, 9.17) is 16.7 Å². The third-order valence-corrected chi connectivity index (χ3v) is 12.9. The van der Waals surface area contributed by atoms with E-state index < -0.39 is 40.6 Å². The van der Waals surface area contributed by atoms with Crippen molar-refractivity contribution in [2.24, 2.45) is 18.4 Å². The first-order chi connectivity index (χ1) is 24.9. The predicted molar refractivity (Wildman–Crippen MR) is 199 cm³/mol. The number of para-hydroxylation sites is 1. The van der Waals surface area contributed by atoms with Crippen molar-refractivity contribution >= 4 is 50.7 Å². The molecule has 52 heavy (non-hydrogen) atoms. The largest absolute Gasteiger partial charge is 0.508 e. The number of aromatic nitrogens is 5. The zero-order chi connectivity index (χ0) is 36.4. The average molecular weight is 733 g/mol. The topological polar surface area (TPSA) is 124 Å². The molecular weight excluding hydrogens is 700 g/mol. The molecule has 11 nitrogen and oxygen atoms in total. The van der Waals surface area contributed by atoms with Gasteiger partial charge in [0.25, 0.3) is 0 Å². The fourth-order valence-corrected chi connectivity index (χ4v) is 10.1. The van der Waals surface area contributed by atoms with Gasteiger partial charge in [0, 0.05) is 28.8 Å². The Morgan fingerprint density at radius 2 is 1.73 bits per heavy atom. The number of benzene rings is 3. The van der Waals surface area contributed by atoms with Crippen molar-refractivity contribution in [3.63, 3.8) is 0 Å². The summed E-state index contributed by atoms with van der Waals surface area (Å²) >= 11 is 7.88. The number of thiophene rings is 1. The van der Waals surface area contributed by atoms with Gasteiger partial charge in [-0.05, 0) is 91.2 Å². The Balaban J connectivity index is 1.20. The fourth-order valence-electron chi connectivity index (χ4n) is 8.75. The molecule has 9 rings (SSSR count). The Morgan fingerprint density at radius 3 is 2.48 bits per heavy atom. The van der Waals surface area contributed by atoms with E-state index in [0.717, 1.165) is 36.2 Å². The smallest absolute Gasteiger partial charge is 0.352 e. The van der Waals surface area contributed by atoms with Crippen LogP contribution >= 0.6 is 22.9 Å². The van der Waals surface area contributed by atoms with Crippen LogP contribution in [-0.2, 0) is 23.2 Å². The normalized spacial score (nSPS) is 22.4. The van der Waals surface area contributed by atoms with Crippen LogP contribution in [0.15, 0.2) is 94.0 Å². The van der Waals surface area contributed by atoms with Gasteiger partial charge in [0.1, 0.15) is 17.3 Å². The average Bonchev–Trinajstić information content (AvgIpc) is 3.80. The number of aryl methyl sites for hydroxylation is 3. The SMILES string of the molecule is Cc1cc([C@H]2C3=CCn4c(=O)n(-c5ccccc5)c(=O)n4[C@@H]3C[C@H]3C(=O)N(c4cc(-c5sc6ccc(Cl)cc6c5C)nn4C)C(=O)[C@@]23C)ccc1O. The molecule has 6 aromatic rings. The molecule has 13 heteroatoms. The lowest BCUT2D eigenvalue weighted by molar-refractivity contribution is -0.129. The number of halogens is 1. The van der Waals surface area contributed by atoms with Gasteiger partial charge in [-0.15, -0.1) is 11.3 Å². The quantitative estimate of drug-likeness (QED) is 0.169. The molecule has 0 bridgehead atoms. The number of hydrogen-bond donors (Lipinski definition) is 1. The molecule has 1 saturated carbocycles. The van der Waals surface area contributed by atoms with Crippen LogP contribution in [0.4, 0.5) is 5.82 Å². The monoisotopic (exact) mass is 732 g/mol. The minimum absolute atomic E-state index is 0.108. The second kappa shape index (κ2) is 11.3. The summed E-state index contributed by atoms with van der Waals surface area (Å²) in [7, 11) is 1.72. The maximum absolute atomic E-state index is 15.0. The lowest BCUT2D eigenvalue weighted by Crippen LogP contribution is -2.49. The molecule has 1 saturated heterocycles. The van der Waals surface area contributed by atoms with Crippen LogP contribution in [0.2, 0.25) is 5.02 Å². The molecule has 262 valence electrons. The third-order valence-electron chi connectivity index (χ3n) is 11.3. The van der Waals surface area contributed by atoms with E-state index >= 15 is 4.79 Å². The van der Waals surface area contributed by atoms with Crippen LogP contribution < -0.4 is 16.3 Å². The summed E-state index contributed by atoms with van der Waals surface area (Å²) in [6.07, 6.45) is 2.06. The number of phenolic OH excluding ortho intramolecular Hbond substituents is 1. The van der Waals surface area contributed by atoms with Crippen LogP contribution in [0.3, 0.4) is 0 Å². The minimum Gasteiger partial charge on any atom is -0.508 e. The minimum atomic E-state index is -1.26. The van der Waals surface area contributed by atoms with Crippen LogP contribution in [-0.4, -0.2) is 40.6 Å². The number of fused-ring (bicyclic) bond motifs is 5. The second-order valence-electron chi connectivity index (χ2n) is 14.1. The van der Waals surface area contributed by atoms with Crippen molar-refractivity contribution in [3.8, 4) is 22.0 Å². The zero-order valence-electron chi connectivity index (χ0n) is 28.7. The van der Waals surface area contributed by atoms with Crippen molar-refractivity contribution < 1.29 is 14.7 Å². The summed E-state index contributed by atoms with van der Waals surface area (Å²) in [6.45, 7) is 5.74. The number of anilines is 1. The Labute approximate surface area is 306 Å². The summed E-state index contributed by atoms with van der Waals surface area (Å²) in [4.78, 5) is 59.9. The molecule has 5 heterocycles. The van der Waals surface area contributed by atoms with Crippen molar-refractivity contribution in [2.75, 3.05) is 4.90 Å². The summed E-state index contributed by atoms with van der Waals surface area (Å²) in [6, 6.07) is 20.8. The molecule has 3 aliphatic rings. The van der Waals surface area contributed by atoms with Gasteiger partial charge in [-0.2, -0.15) is 5.10 Å². The zero-order valence-corrected chi connectivity index (χ0v) is 30.3. The highest BCUT2D eigenvalue weighted by molar-refractivity contribution is 7.22. The number of carbonyl (C=O) groups excluding carboxylic acids is 2. The van der Waals surface area contributed by atoms with Gasteiger partial charge in [0.15, 0.2) is 0 Å². The Bertz CT molecular complexity index is 2680. The van der Waals surface area contributed by atoms with Gasteiger partial charge in [-0.3, -0.25) is 14.3 Å². The molecule has 3 aromatic heterocycles. The summed E-state index contributed by atoms with van der Waals surface area (Å²) in [5.41, 5.74) is 1.97. The maximum atomic E-state index is 15.0. The first-order valence-electron chi connectivity index (χ1n) is 17.0. The van der Waals surface area contributed by atoms with Crippen LogP contribution in [0.1, 0.15) is 42.0 Å². The van der Waals surface area contributed by atoms with E-state index in [1.54, 1.807) is 72.5 Å². The van der Waals surface area contributed by atoms with Gasteiger partial charge in [0.05, 0.1) is 34.5 Å². The van der Waals surface area contributed by atoms with Crippen molar-refractivity contribution in [2.45, 2.75) is 45.7 Å². The van der Waals surface area contributed by atoms with E-state index in [-0.39, 0.29) is 24.6 Å². The van der Waals surface area contributed by atoms with Gasteiger partial charge in [-0.1, -0.05) is 48.0 Å².